The van der Waals surface area contributed by atoms with Gasteiger partial charge in [-0.2, -0.15) is 5.26 Å². The predicted molar refractivity (Wildman–Crippen MR) is 132 cm³/mol. The zero-order chi connectivity index (χ0) is 23.5. The normalized spacial score (nSPS) is 22.0. The number of thioether (sulfide) groups is 1. The van der Waals surface area contributed by atoms with Gasteiger partial charge < -0.3 is 19.9 Å². The molecule has 1 aromatic carbocycles. The van der Waals surface area contributed by atoms with Crippen LogP contribution < -0.4 is 10.2 Å². The fourth-order valence-electron chi connectivity index (χ4n) is 5.22. The average Bonchev–Trinajstić information content (AvgIpc) is 3.36. The molecule has 0 unspecified atom stereocenters. The first-order chi connectivity index (χ1) is 16.6. The molecule has 2 amide bonds. The fourth-order valence-corrected chi connectivity index (χ4v) is 6.32. The maximum Gasteiger partial charge on any atom is 0.252 e. The minimum Gasteiger partial charge on any atom is -0.381 e. The molecule has 8 nitrogen and oxygen atoms in total. The fraction of sp³-hybridized carbons (Fsp3) is 0.520. The summed E-state index contributed by atoms with van der Waals surface area (Å²) >= 11 is 1.55. The number of aromatic nitrogens is 1. The van der Waals surface area contributed by atoms with Gasteiger partial charge in [0.25, 0.3) is 5.91 Å². The smallest absolute Gasteiger partial charge is 0.252 e. The van der Waals surface area contributed by atoms with Crippen LogP contribution in [0, 0.1) is 16.7 Å². The van der Waals surface area contributed by atoms with Crippen LogP contribution in [-0.4, -0.2) is 72.2 Å². The molecule has 1 N–H and O–H groups in total. The summed E-state index contributed by atoms with van der Waals surface area (Å²) in [7, 11) is 0. The minimum absolute atomic E-state index is 0.126. The van der Waals surface area contributed by atoms with Gasteiger partial charge in [0.2, 0.25) is 5.91 Å². The van der Waals surface area contributed by atoms with Gasteiger partial charge >= 0.3 is 0 Å². The molecular formula is C25H29N5O3S. The van der Waals surface area contributed by atoms with Gasteiger partial charge in [-0.15, -0.1) is 11.8 Å². The lowest BCUT2D eigenvalue weighted by Gasteiger charge is -2.44. The number of nitriles is 1. The summed E-state index contributed by atoms with van der Waals surface area (Å²) in [4.78, 5) is 33.9. The number of fused-ring (bicyclic) bond motifs is 1. The first-order valence-corrected chi connectivity index (χ1v) is 13.0. The number of benzene rings is 1. The number of amides is 2. The van der Waals surface area contributed by atoms with E-state index in [0.29, 0.717) is 22.6 Å². The van der Waals surface area contributed by atoms with Crippen LogP contribution in [0.1, 0.15) is 36.0 Å². The van der Waals surface area contributed by atoms with E-state index in [-0.39, 0.29) is 18.4 Å². The Morgan fingerprint density at radius 3 is 2.76 bits per heavy atom. The molecule has 3 fully saturated rings. The first kappa shape index (κ1) is 22.9. The van der Waals surface area contributed by atoms with Crippen LogP contribution in [0.25, 0.3) is 10.9 Å². The standard InChI is InChI=1S/C25H29N5O3S/c26-14-19-16-34-17-30(19)23(31)15-28-24(32)20-3-8-27-22-2-1-18(13-21(20)22)29-9-4-25(5-10-29)6-11-33-12-7-25/h1-3,8,13,19H,4-7,9-12,15-17H2,(H,28,32)/t19-/m1/s1. The zero-order valence-corrected chi connectivity index (χ0v) is 20.0. The quantitative estimate of drug-likeness (QED) is 0.720. The van der Waals surface area contributed by atoms with Gasteiger partial charge in [-0.05, 0) is 55.4 Å². The molecule has 0 radical (unpaired) electrons. The third-order valence-corrected chi connectivity index (χ3v) is 8.48. The largest absolute Gasteiger partial charge is 0.381 e. The van der Waals surface area contributed by atoms with Gasteiger partial charge in [-0.25, -0.2) is 0 Å². The molecule has 9 heteroatoms. The lowest BCUT2D eigenvalue weighted by molar-refractivity contribution is -0.129. The Hall–Kier alpha value is -2.83. The van der Waals surface area contributed by atoms with Crippen LogP contribution in [0.3, 0.4) is 0 Å². The van der Waals surface area contributed by atoms with E-state index in [2.05, 4.69) is 27.3 Å². The highest BCUT2D eigenvalue weighted by Gasteiger charge is 2.36. The lowest BCUT2D eigenvalue weighted by Crippen LogP contribution is -2.43. The van der Waals surface area contributed by atoms with E-state index in [1.807, 2.05) is 12.1 Å². The predicted octanol–water partition coefficient (Wildman–Crippen LogP) is 2.79. The van der Waals surface area contributed by atoms with Crippen molar-refractivity contribution in [2.45, 2.75) is 31.7 Å². The van der Waals surface area contributed by atoms with Crippen LogP contribution in [0.4, 0.5) is 5.69 Å². The molecule has 3 aliphatic rings. The average molecular weight is 480 g/mol. The third kappa shape index (κ3) is 4.57. The molecule has 178 valence electrons. The number of carbonyl (C=O) groups excluding carboxylic acids is 2. The van der Waals surface area contributed by atoms with E-state index in [1.165, 1.54) is 4.90 Å². The summed E-state index contributed by atoms with van der Waals surface area (Å²) in [6, 6.07) is 9.50. The number of hydrogen-bond donors (Lipinski definition) is 1. The van der Waals surface area contributed by atoms with Crippen LogP contribution >= 0.6 is 11.8 Å². The molecule has 4 heterocycles. The Balaban J connectivity index is 1.29. The highest BCUT2D eigenvalue weighted by Crippen LogP contribution is 2.41. The van der Waals surface area contributed by atoms with Crippen molar-refractivity contribution < 1.29 is 14.3 Å². The van der Waals surface area contributed by atoms with Crippen molar-refractivity contribution >= 4 is 40.2 Å². The van der Waals surface area contributed by atoms with Crippen molar-refractivity contribution in [3.8, 4) is 6.07 Å². The summed E-state index contributed by atoms with van der Waals surface area (Å²) in [5.74, 6) is 0.551. The van der Waals surface area contributed by atoms with Gasteiger partial charge in [0.1, 0.15) is 6.04 Å². The Morgan fingerprint density at radius 2 is 2.00 bits per heavy atom. The second-order valence-electron chi connectivity index (χ2n) is 9.35. The van der Waals surface area contributed by atoms with Gasteiger partial charge in [0, 0.05) is 49.3 Å². The Labute approximate surface area is 203 Å². The third-order valence-electron chi connectivity index (χ3n) is 7.46. The molecular weight excluding hydrogens is 450 g/mol. The molecule has 0 saturated carbocycles. The Bertz CT molecular complexity index is 1120. The molecule has 2 aromatic rings. The summed E-state index contributed by atoms with van der Waals surface area (Å²) in [5, 5.41) is 12.7. The second-order valence-corrected chi connectivity index (χ2v) is 10.4. The number of rotatable bonds is 4. The molecule has 1 aromatic heterocycles. The first-order valence-electron chi connectivity index (χ1n) is 11.9. The van der Waals surface area contributed by atoms with Crippen molar-refractivity contribution in [1.29, 1.82) is 5.26 Å². The van der Waals surface area contributed by atoms with E-state index < -0.39 is 6.04 Å². The van der Waals surface area contributed by atoms with Gasteiger partial charge in [0.05, 0.1) is 29.6 Å². The molecule has 1 atom stereocenters. The molecule has 0 aliphatic carbocycles. The van der Waals surface area contributed by atoms with Gasteiger partial charge in [-0.1, -0.05) is 0 Å². The van der Waals surface area contributed by atoms with Crippen LogP contribution in [0.15, 0.2) is 30.5 Å². The highest BCUT2D eigenvalue weighted by atomic mass is 32.2. The lowest BCUT2D eigenvalue weighted by atomic mass is 9.72. The molecule has 5 rings (SSSR count). The number of ether oxygens (including phenoxy) is 1. The van der Waals surface area contributed by atoms with Crippen molar-refractivity contribution in [2.75, 3.05) is 49.4 Å². The second kappa shape index (κ2) is 9.80. The molecule has 34 heavy (non-hydrogen) atoms. The monoisotopic (exact) mass is 479 g/mol. The topological polar surface area (TPSA) is 98.6 Å². The Kier molecular flexibility index (Phi) is 6.61. The number of anilines is 1. The molecule has 0 bridgehead atoms. The maximum atomic E-state index is 13.0. The zero-order valence-electron chi connectivity index (χ0n) is 19.2. The minimum atomic E-state index is -0.427. The van der Waals surface area contributed by atoms with Crippen LogP contribution in [-0.2, 0) is 9.53 Å². The highest BCUT2D eigenvalue weighted by molar-refractivity contribution is 7.99. The van der Waals surface area contributed by atoms with E-state index in [9.17, 15) is 14.9 Å². The van der Waals surface area contributed by atoms with Gasteiger partial charge in [0.15, 0.2) is 0 Å². The van der Waals surface area contributed by atoms with Crippen molar-refractivity contribution in [1.82, 2.24) is 15.2 Å². The maximum absolute atomic E-state index is 13.0. The molecule has 3 aliphatic heterocycles. The summed E-state index contributed by atoms with van der Waals surface area (Å²) < 4.78 is 5.57. The number of nitrogens with zero attached hydrogens (tertiary/aromatic N) is 4. The van der Waals surface area contributed by atoms with Gasteiger partial charge in [-0.3, -0.25) is 14.6 Å². The van der Waals surface area contributed by atoms with Crippen molar-refractivity contribution in [3.63, 3.8) is 0 Å². The number of hydrogen-bond acceptors (Lipinski definition) is 7. The Morgan fingerprint density at radius 1 is 1.21 bits per heavy atom. The van der Waals surface area contributed by atoms with E-state index >= 15 is 0 Å². The van der Waals surface area contributed by atoms with E-state index in [1.54, 1.807) is 24.0 Å². The van der Waals surface area contributed by atoms with Crippen molar-refractivity contribution in [2.24, 2.45) is 5.41 Å². The number of piperidine rings is 1. The summed E-state index contributed by atoms with van der Waals surface area (Å²) in [6.07, 6.45) is 6.25. The summed E-state index contributed by atoms with van der Waals surface area (Å²) in [6.45, 7) is 3.61. The number of nitrogens with one attached hydrogen (secondary N) is 1. The summed E-state index contributed by atoms with van der Waals surface area (Å²) in [5.41, 5.74) is 2.77. The van der Waals surface area contributed by atoms with Crippen molar-refractivity contribution in [3.05, 3.63) is 36.0 Å². The van der Waals surface area contributed by atoms with E-state index in [0.717, 1.165) is 68.6 Å². The number of carbonyl (C=O) groups is 2. The SMILES string of the molecule is N#C[C@@H]1CSCN1C(=O)CNC(=O)c1ccnc2ccc(N3CCC4(CCOCC4)CC3)cc12. The molecule has 1 spiro atoms. The number of pyridine rings is 1. The van der Waals surface area contributed by atoms with E-state index in [4.69, 9.17) is 4.74 Å². The van der Waals surface area contributed by atoms with Crippen LogP contribution in [0.2, 0.25) is 0 Å². The molecule has 3 saturated heterocycles. The van der Waals surface area contributed by atoms with Crippen LogP contribution in [0.5, 0.6) is 0 Å².